The van der Waals surface area contributed by atoms with Gasteiger partial charge in [0, 0.05) is 44.2 Å². The Hall–Kier alpha value is -1.85. The predicted octanol–water partition coefficient (Wildman–Crippen LogP) is 3.38. The molecule has 1 heterocycles. The summed E-state index contributed by atoms with van der Waals surface area (Å²) in [5.74, 6) is -0.155. The molecule has 0 bridgehead atoms. The van der Waals surface area contributed by atoms with E-state index in [1.165, 1.54) is 16.4 Å². The number of carbonyl (C=O) groups excluding carboxylic acids is 1. The number of piperazine rings is 1. The molecule has 1 aliphatic heterocycles. The van der Waals surface area contributed by atoms with Crippen LogP contribution in [0.1, 0.15) is 18.4 Å². The summed E-state index contributed by atoms with van der Waals surface area (Å²) >= 11 is 12.2. The first-order valence-corrected chi connectivity index (χ1v) is 14.7. The molecular weight excluding hydrogens is 521 g/mol. The minimum Gasteiger partial charge on any atom is -0.340 e. The third-order valence-electron chi connectivity index (χ3n) is 5.58. The van der Waals surface area contributed by atoms with Gasteiger partial charge in [-0.2, -0.15) is 4.31 Å². The Balaban J connectivity index is 1.56. The Morgan fingerprint density at radius 3 is 2.18 bits per heavy atom. The molecule has 0 spiro atoms. The van der Waals surface area contributed by atoms with Crippen LogP contribution in [0, 0.1) is 6.92 Å². The molecule has 8 nitrogen and oxygen atoms in total. The van der Waals surface area contributed by atoms with Gasteiger partial charge in [-0.15, -0.1) is 0 Å². The van der Waals surface area contributed by atoms with Crippen LogP contribution < -0.4 is 4.31 Å². The van der Waals surface area contributed by atoms with E-state index in [0.29, 0.717) is 5.02 Å². The van der Waals surface area contributed by atoms with Crippen LogP contribution in [0.2, 0.25) is 10.0 Å². The summed E-state index contributed by atoms with van der Waals surface area (Å²) in [5, 5.41) is 0.592. The van der Waals surface area contributed by atoms with Crippen LogP contribution in [0.5, 0.6) is 0 Å². The zero-order valence-corrected chi connectivity index (χ0v) is 22.1. The van der Waals surface area contributed by atoms with E-state index in [1.54, 1.807) is 35.2 Å². The first-order valence-electron chi connectivity index (χ1n) is 10.7. The second-order valence-corrected chi connectivity index (χ2v) is 12.8. The second kappa shape index (κ2) is 10.8. The lowest BCUT2D eigenvalue weighted by Gasteiger charge is -2.34. The van der Waals surface area contributed by atoms with Crippen molar-refractivity contribution in [1.29, 1.82) is 0 Å². The van der Waals surface area contributed by atoms with Gasteiger partial charge in [-0.3, -0.25) is 9.10 Å². The maximum Gasteiger partial charge on any atom is 0.243 e. The van der Waals surface area contributed by atoms with E-state index < -0.39 is 20.0 Å². The Morgan fingerprint density at radius 2 is 1.59 bits per heavy atom. The normalized spacial score (nSPS) is 15.4. The predicted molar refractivity (Wildman–Crippen MR) is 134 cm³/mol. The minimum atomic E-state index is -3.64. The monoisotopic (exact) mass is 547 g/mol. The number of sulfonamides is 2. The molecule has 0 aliphatic carbocycles. The van der Waals surface area contributed by atoms with E-state index in [4.69, 9.17) is 23.2 Å². The highest BCUT2D eigenvalue weighted by Gasteiger charge is 2.30. The number of aryl methyl sites for hydroxylation is 1. The van der Waals surface area contributed by atoms with Crippen LogP contribution >= 0.6 is 23.2 Å². The van der Waals surface area contributed by atoms with Gasteiger partial charge in [0.2, 0.25) is 26.0 Å². The van der Waals surface area contributed by atoms with Crippen molar-refractivity contribution in [2.75, 3.05) is 43.3 Å². The summed E-state index contributed by atoms with van der Waals surface area (Å²) in [7, 11) is -7.25. The van der Waals surface area contributed by atoms with Gasteiger partial charge in [0.05, 0.1) is 21.9 Å². The first kappa shape index (κ1) is 26.7. The number of carbonyl (C=O) groups is 1. The van der Waals surface area contributed by atoms with Gasteiger partial charge in [-0.1, -0.05) is 40.9 Å². The van der Waals surface area contributed by atoms with Crippen LogP contribution in [-0.2, 0) is 24.8 Å². The molecule has 186 valence electrons. The van der Waals surface area contributed by atoms with Crippen molar-refractivity contribution in [1.82, 2.24) is 9.21 Å². The Bertz CT molecular complexity index is 1240. The molecular formula is C22H27Cl2N3O5S2. The van der Waals surface area contributed by atoms with E-state index in [0.717, 1.165) is 16.1 Å². The fourth-order valence-corrected chi connectivity index (χ4v) is 6.54. The number of amides is 1. The van der Waals surface area contributed by atoms with Crippen molar-refractivity contribution in [2.24, 2.45) is 0 Å². The standard InChI is InChI=1S/C22H27Cl2N3O5S2/c1-17-5-8-19(9-6-17)34(31,32)26-14-12-25(13-15-26)22(28)4-3-11-27(33(2,29)30)21-16-18(23)7-10-20(21)24/h5-10,16H,3-4,11-15H2,1-2H3. The van der Waals surface area contributed by atoms with Gasteiger partial charge < -0.3 is 4.90 Å². The SMILES string of the molecule is Cc1ccc(S(=O)(=O)N2CCN(C(=O)CCCN(c3cc(Cl)ccc3Cl)S(C)(=O)=O)CC2)cc1. The summed E-state index contributed by atoms with van der Waals surface area (Å²) in [6, 6.07) is 11.2. The van der Waals surface area contributed by atoms with Gasteiger partial charge in [0.15, 0.2) is 0 Å². The van der Waals surface area contributed by atoms with Crippen molar-refractivity contribution in [3.63, 3.8) is 0 Å². The van der Waals surface area contributed by atoms with Gasteiger partial charge in [-0.25, -0.2) is 16.8 Å². The summed E-state index contributed by atoms with van der Waals surface area (Å²) in [6.45, 7) is 2.91. The molecule has 1 fully saturated rings. The molecule has 34 heavy (non-hydrogen) atoms. The van der Waals surface area contributed by atoms with Gasteiger partial charge in [0.1, 0.15) is 0 Å². The van der Waals surface area contributed by atoms with Crippen molar-refractivity contribution >= 4 is 54.8 Å². The maximum atomic E-state index is 12.8. The lowest BCUT2D eigenvalue weighted by atomic mass is 10.2. The maximum absolute atomic E-state index is 12.8. The van der Waals surface area contributed by atoms with Crippen molar-refractivity contribution in [3.05, 3.63) is 58.1 Å². The molecule has 0 atom stereocenters. The molecule has 1 aliphatic rings. The Kier molecular flexibility index (Phi) is 8.51. The minimum absolute atomic E-state index is 0.0619. The van der Waals surface area contributed by atoms with Crippen LogP contribution in [0.25, 0.3) is 0 Å². The summed E-state index contributed by atoms with van der Waals surface area (Å²) < 4.78 is 52.8. The number of rotatable bonds is 8. The molecule has 12 heteroatoms. The van der Waals surface area contributed by atoms with Gasteiger partial charge >= 0.3 is 0 Å². The molecule has 0 saturated carbocycles. The summed E-state index contributed by atoms with van der Waals surface area (Å²) in [4.78, 5) is 14.5. The average Bonchev–Trinajstić information content (AvgIpc) is 2.78. The number of halogens is 2. The third-order valence-corrected chi connectivity index (χ3v) is 9.23. The third kappa shape index (κ3) is 6.42. The zero-order valence-electron chi connectivity index (χ0n) is 18.9. The first-order chi connectivity index (χ1) is 15.9. The smallest absolute Gasteiger partial charge is 0.243 e. The van der Waals surface area contributed by atoms with Crippen molar-refractivity contribution in [3.8, 4) is 0 Å². The number of hydrogen-bond acceptors (Lipinski definition) is 5. The molecule has 0 radical (unpaired) electrons. The topological polar surface area (TPSA) is 95.1 Å². The van der Waals surface area contributed by atoms with Crippen LogP contribution in [0.4, 0.5) is 5.69 Å². The number of nitrogens with zero attached hydrogens (tertiary/aromatic N) is 3. The lowest BCUT2D eigenvalue weighted by molar-refractivity contribution is -0.132. The average molecular weight is 549 g/mol. The Labute approximate surface area is 211 Å². The van der Waals surface area contributed by atoms with Crippen LogP contribution in [0.3, 0.4) is 0 Å². The van der Waals surface area contributed by atoms with E-state index in [-0.39, 0.29) is 67.1 Å². The molecule has 0 unspecified atom stereocenters. The molecule has 0 N–H and O–H groups in total. The van der Waals surface area contributed by atoms with Gasteiger partial charge in [-0.05, 0) is 43.7 Å². The molecule has 2 aromatic rings. The van der Waals surface area contributed by atoms with Gasteiger partial charge in [0.25, 0.3) is 0 Å². The lowest BCUT2D eigenvalue weighted by Crippen LogP contribution is -2.50. The second-order valence-electron chi connectivity index (χ2n) is 8.13. The Morgan fingerprint density at radius 1 is 0.971 bits per heavy atom. The molecule has 1 amide bonds. The molecule has 2 aromatic carbocycles. The van der Waals surface area contributed by atoms with E-state index in [1.807, 2.05) is 6.92 Å². The van der Waals surface area contributed by atoms with E-state index in [2.05, 4.69) is 0 Å². The number of hydrogen-bond donors (Lipinski definition) is 0. The van der Waals surface area contributed by atoms with Crippen molar-refractivity contribution < 1.29 is 21.6 Å². The van der Waals surface area contributed by atoms with Crippen LogP contribution in [-0.4, -0.2) is 70.9 Å². The van der Waals surface area contributed by atoms with E-state index in [9.17, 15) is 21.6 Å². The largest absolute Gasteiger partial charge is 0.340 e. The number of benzene rings is 2. The molecule has 1 saturated heterocycles. The number of anilines is 1. The fourth-order valence-electron chi connectivity index (χ4n) is 3.71. The fraction of sp³-hybridized carbons (Fsp3) is 0.409. The van der Waals surface area contributed by atoms with Crippen LogP contribution in [0.15, 0.2) is 47.4 Å². The summed E-state index contributed by atoms with van der Waals surface area (Å²) in [5.41, 5.74) is 1.24. The van der Waals surface area contributed by atoms with E-state index >= 15 is 0 Å². The highest BCUT2D eigenvalue weighted by molar-refractivity contribution is 7.92. The summed E-state index contributed by atoms with van der Waals surface area (Å²) in [6.07, 6.45) is 1.46. The molecule has 0 aromatic heterocycles. The quantitative estimate of drug-likeness (QED) is 0.504. The highest BCUT2D eigenvalue weighted by atomic mass is 35.5. The van der Waals surface area contributed by atoms with Crippen molar-refractivity contribution in [2.45, 2.75) is 24.7 Å². The highest BCUT2D eigenvalue weighted by Crippen LogP contribution is 2.31. The molecule has 3 rings (SSSR count). The zero-order chi connectivity index (χ0) is 25.1.